The summed E-state index contributed by atoms with van der Waals surface area (Å²) in [6.07, 6.45) is -4.85. The number of amides is 1. The molecule has 1 rings (SSSR count). The van der Waals surface area contributed by atoms with E-state index in [4.69, 9.17) is 10.4 Å². The highest BCUT2D eigenvalue weighted by Crippen LogP contribution is 2.25. The summed E-state index contributed by atoms with van der Waals surface area (Å²) in [5.74, 6) is -1.87. The van der Waals surface area contributed by atoms with Gasteiger partial charge in [0, 0.05) is 25.1 Å². The Hall–Kier alpha value is -0.755. The van der Waals surface area contributed by atoms with Gasteiger partial charge in [-0.05, 0) is 0 Å². The van der Waals surface area contributed by atoms with Gasteiger partial charge in [-0.2, -0.15) is 13.2 Å². The number of carbonyl (C=O) groups is 1. The maximum atomic E-state index is 12.1. The Kier molecular flexibility index (Phi) is 3.29. The molecule has 1 saturated heterocycles. The van der Waals surface area contributed by atoms with Gasteiger partial charge in [-0.3, -0.25) is 4.79 Å². The fraction of sp³-hybridized carbons (Fsp3) is 0.857. The molecule has 4 nitrogen and oxygen atoms in total. The molecule has 1 fully saturated rings. The number of nitrogens with zero attached hydrogens (tertiary/aromatic N) is 1. The van der Waals surface area contributed by atoms with E-state index < -0.39 is 17.5 Å². The van der Waals surface area contributed by atoms with Gasteiger partial charge in [0.05, 0.1) is 0 Å². The van der Waals surface area contributed by atoms with E-state index in [2.05, 4.69) is 0 Å². The van der Waals surface area contributed by atoms with Crippen LogP contribution in [0.1, 0.15) is 6.92 Å². The molecule has 1 amide bonds. The minimum absolute atomic E-state index is 0.0259. The zero-order chi connectivity index (χ0) is 11.7. The van der Waals surface area contributed by atoms with E-state index in [9.17, 15) is 18.0 Å². The molecule has 1 aliphatic rings. The molecular formula is C7H12BF3N2O2. The first-order valence-corrected chi connectivity index (χ1v) is 4.42. The highest BCUT2D eigenvalue weighted by atomic mass is 19.4. The minimum Gasteiger partial charge on any atom is -0.419 e. The van der Waals surface area contributed by atoms with Gasteiger partial charge in [-0.1, -0.05) is 6.92 Å². The number of hydrogen-bond donors (Lipinski definition) is 1. The number of hydrogen-bond acceptors (Lipinski definition) is 3. The third-order valence-corrected chi connectivity index (χ3v) is 2.29. The lowest BCUT2D eigenvalue weighted by atomic mass is 9.86. The van der Waals surface area contributed by atoms with Crippen molar-refractivity contribution in [3.8, 4) is 0 Å². The van der Waals surface area contributed by atoms with E-state index in [1.807, 2.05) is 0 Å². The quantitative estimate of drug-likeness (QED) is 0.618. The van der Waals surface area contributed by atoms with E-state index in [1.165, 1.54) is 0 Å². The second-order valence-electron chi connectivity index (χ2n) is 3.99. The van der Waals surface area contributed by atoms with Gasteiger partial charge >= 0.3 is 19.7 Å². The fourth-order valence-corrected chi connectivity index (χ4v) is 1.39. The molecule has 0 aromatic rings. The van der Waals surface area contributed by atoms with Crippen LogP contribution in [-0.2, 0) is 9.45 Å². The van der Waals surface area contributed by atoms with E-state index in [0.29, 0.717) is 4.81 Å². The minimum atomic E-state index is -4.85. The molecule has 0 radical (unpaired) electrons. The van der Waals surface area contributed by atoms with Crippen molar-refractivity contribution in [3.63, 3.8) is 0 Å². The second-order valence-corrected chi connectivity index (χ2v) is 3.99. The summed E-state index contributed by atoms with van der Waals surface area (Å²) in [4.78, 5) is 11.5. The Morgan fingerprint density at radius 1 is 1.67 bits per heavy atom. The molecule has 8 heteroatoms. The van der Waals surface area contributed by atoms with Crippen LogP contribution in [0.5, 0.6) is 0 Å². The van der Waals surface area contributed by atoms with Crippen LogP contribution in [0.2, 0.25) is 0 Å². The lowest BCUT2D eigenvalue weighted by molar-refractivity contribution is -0.183. The average molecular weight is 224 g/mol. The Morgan fingerprint density at radius 3 is 2.73 bits per heavy atom. The van der Waals surface area contributed by atoms with Gasteiger partial charge in [-0.15, -0.1) is 0 Å². The zero-order valence-corrected chi connectivity index (χ0v) is 8.30. The number of nitrogens with two attached hydrogens (primary N) is 1. The number of carbonyl (C=O) groups excluding carboxylic acids is 1. The van der Waals surface area contributed by atoms with Crippen LogP contribution < -0.4 is 5.73 Å². The first kappa shape index (κ1) is 12.3. The standard InChI is InChI=1S/C7H12BF3N2O2/c1-6(2-12)3-13(8-15-4-6)5(14)7(9,10)11/h8H,2-4,12H2,1H3. The van der Waals surface area contributed by atoms with Crippen LogP contribution in [0.3, 0.4) is 0 Å². The molecule has 1 heterocycles. The van der Waals surface area contributed by atoms with Crippen LogP contribution >= 0.6 is 0 Å². The molecular weight excluding hydrogens is 212 g/mol. The topological polar surface area (TPSA) is 55.6 Å². The Labute approximate surface area is 85.8 Å². The second kappa shape index (κ2) is 4.01. The third kappa shape index (κ3) is 2.85. The molecule has 1 aliphatic heterocycles. The van der Waals surface area contributed by atoms with Gasteiger partial charge in [-0.25, -0.2) is 0 Å². The van der Waals surface area contributed by atoms with Crippen molar-refractivity contribution >= 4 is 13.5 Å². The van der Waals surface area contributed by atoms with Crippen LogP contribution in [0.25, 0.3) is 0 Å². The Morgan fingerprint density at radius 2 is 2.27 bits per heavy atom. The zero-order valence-electron chi connectivity index (χ0n) is 8.30. The highest BCUT2D eigenvalue weighted by molar-refractivity contribution is 6.30. The van der Waals surface area contributed by atoms with Crippen LogP contribution in [0, 0.1) is 5.41 Å². The van der Waals surface area contributed by atoms with Crippen molar-refractivity contribution in [1.29, 1.82) is 0 Å². The number of alkyl halides is 3. The summed E-state index contributed by atoms with van der Waals surface area (Å²) in [6.45, 7) is 2.10. The molecule has 0 aliphatic carbocycles. The maximum absolute atomic E-state index is 12.1. The van der Waals surface area contributed by atoms with E-state index >= 15 is 0 Å². The van der Waals surface area contributed by atoms with Gasteiger partial charge in [0.2, 0.25) is 0 Å². The summed E-state index contributed by atoms with van der Waals surface area (Å²) < 4.78 is 41.3. The maximum Gasteiger partial charge on any atom is 0.470 e. The van der Waals surface area contributed by atoms with Crippen molar-refractivity contribution < 1.29 is 22.6 Å². The van der Waals surface area contributed by atoms with E-state index in [-0.39, 0.29) is 27.3 Å². The average Bonchev–Trinajstić information content (AvgIpc) is 2.15. The molecule has 1 unspecified atom stereocenters. The molecule has 0 bridgehead atoms. The summed E-state index contributed by atoms with van der Waals surface area (Å²) >= 11 is 0. The van der Waals surface area contributed by atoms with Gasteiger partial charge in [0.25, 0.3) is 0 Å². The largest absolute Gasteiger partial charge is 0.470 e. The summed E-state index contributed by atoms with van der Waals surface area (Å²) in [5, 5.41) is 0. The van der Waals surface area contributed by atoms with Crippen molar-refractivity contribution in [3.05, 3.63) is 0 Å². The molecule has 15 heavy (non-hydrogen) atoms. The summed E-state index contributed by atoms with van der Waals surface area (Å²) in [5.41, 5.74) is 4.81. The Bertz CT molecular complexity index is 261. The van der Waals surface area contributed by atoms with Crippen molar-refractivity contribution in [2.45, 2.75) is 13.1 Å². The summed E-state index contributed by atoms with van der Waals surface area (Å²) in [7, 11) is -0.325. The van der Waals surface area contributed by atoms with Gasteiger partial charge in [0.1, 0.15) is 0 Å². The van der Waals surface area contributed by atoms with Gasteiger partial charge in [0.15, 0.2) is 0 Å². The van der Waals surface area contributed by atoms with Crippen LogP contribution in [-0.4, -0.2) is 44.2 Å². The predicted molar refractivity (Wildman–Crippen MR) is 48.0 cm³/mol. The van der Waals surface area contributed by atoms with E-state index in [1.54, 1.807) is 6.92 Å². The van der Waals surface area contributed by atoms with Crippen LogP contribution in [0.15, 0.2) is 0 Å². The highest BCUT2D eigenvalue weighted by Gasteiger charge is 2.45. The third-order valence-electron chi connectivity index (χ3n) is 2.29. The lowest BCUT2D eigenvalue weighted by Gasteiger charge is -2.39. The summed E-state index contributed by atoms with van der Waals surface area (Å²) in [6, 6.07) is 0. The first-order valence-electron chi connectivity index (χ1n) is 4.42. The Balaban J connectivity index is 2.69. The SMILES string of the molecule is CC1(CN)COBN(C(=O)C(F)(F)F)C1. The molecule has 0 spiro atoms. The van der Waals surface area contributed by atoms with Gasteiger partial charge < -0.3 is 15.2 Å². The normalized spacial score (nSPS) is 27.4. The van der Waals surface area contributed by atoms with Crippen molar-refractivity contribution in [2.75, 3.05) is 19.7 Å². The fourth-order valence-electron chi connectivity index (χ4n) is 1.39. The number of rotatable bonds is 1. The predicted octanol–water partition coefficient (Wildman–Crippen LogP) is -0.361. The van der Waals surface area contributed by atoms with Crippen molar-refractivity contribution in [2.24, 2.45) is 11.1 Å². The molecule has 0 saturated carbocycles. The molecule has 0 aromatic carbocycles. The molecule has 0 aromatic heterocycles. The molecule has 86 valence electrons. The first-order chi connectivity index (χ1) is 6.78. The monoisotopic (exact) mass is 224 g/mol. The smallest absolute Gasteiger partial charge is 0.419 e. The molecule has 2 N–H and O–H groups in total. The number of halogens is 3. The van der Waals surface area contributed by atoms with Crippen LogP contribution in [0.4, 0.5) is 13.2 Å². The molecule has 1 atom stereocenters. The van der Waals surface area contributed by atoms with Crippen molar-refractivity contribution in [1.82, 2.24) is 4.81 Å². The lowest BCUT2D eigenvalue weighted by Crippen LogP contribution is -2.56. The van der Waals surface area contributed by atoms with E-state index in [0.717, 1.165) is 0 Å².